The second kappa shape index (κ2) is 7.78. The van der Waals surface area contributed by atoms with Crippen LogP contribution in [0.4, 0.5) is 5.69 Å². The van der Waals surface area contributed by atoms with Crippen LogP contribution in [0.1, 0.15) is 45.1 Å². The second-order valence-corrected chi connectivity index (χ2v) is 6.10. The van der Waals surface area contributed by atoms with Crippen LogP contribution in [0.2, 0.25) is 0 Å². The zero-order valence-electron chi connectivity index (χ0n) is 13.3. The first-order chi connectivity index (χ1) is 10.5. The van der Waals surface area contributed by atoms with Gasteiger partial charge in [0.2, 0.25) is 11.8 Å². The minimum Gasteiger partial charge on any atom is -0.350 e. The Kier molecular flexibility index (Phi) is 5.75. The Morgan fingerprint density at radius 1 is 1.09 bits per heavy atom. The highest BCUT2D eigenvalue weighted by Crippen LogP contribution is 2.23. The Bertz CT molecular complexity index is 541. The van der Waals surface area contributed by atoms with E-state index in [1.165, 1.54) is 19.8 Å². The van der Waals surface area contributed by atoms with Crippen molar-refractivity contribution in [3.05, 3.63) is 35.9 Å². The normalized spacial score (nSPS) is 21.5. The van der Waals surface area contributed by atoms with Crippen LogP contribution in [0.3, 0.4) is 0 Å². The number of nitrogens with one attached hydrogen (secondary N) is 2. The molecule has 4 heteroatoms. The Balaban J connectivity index is 1.83. The summed E-state index contributed by atoms with van der Waals surface area (Å²) in [6.07, 6.45) is 7.90. The molecule has 1 fully saturated rings. The van der Waals surface area contributed by atoms with Crippen LogP contribution >= 0.6 is 0 Å². The molecule has 0 aromatic heterocycles. The molecule has 0 saturated heterocycles. The fraction of sp³-hybridized carbons (Fsp3) is 0.444. The second-order valence-electron chi connectivity index (χ2n) is 6.10. The van der Waals surface area contributed by atoms with Crippen molar-refractivity contribution in [2.24, 2.45) is 5.92 Å². The van der Waals surface area contributed by atoms with Crippen molar-refractivity contribution in [2.45, 2.75) is 45.6 Å². The number of carbonyl (C=O) groups is 2. The van der Waals surface area contributed by atoms with Crippen LogP contribution in [0.5, 0.6) is 0 Å². The molecule has 0 unspecified atom stereocenters. The lowest BCUT2D eigenvalue weighted by Gasteiger charge is -2.26. The summed E-state index contributed by atoms with van der Waals surface area (Å²) in [6.45, 7) is 3.74. The van der Waals surface area contributed by atoms with E-state index in [-0.39, 0.29) is 11.8 Å². The van der Waals surface area contributed by atoms with Crippen molar-refractivity contribution in [1.82, 2.24) is 5.32 Å². The van der Waals surface area contributed by atoms with Crippen LogP contribution < -0.4 is 10.6 Å². The van der Waals surface area contributed by atoms with Gasteiger partial charge in [0.05, 0.1) is 0 Å². The summed E-state index contributed by atoms with van der Waals surface area (Å²) >= 11 is 0. The minimum atomic E-state index is -0.0931. The minimum absolute atomic E-state index is 0.0366. The molecule has 1 aromatic carbocycles. The van der Waals surface area contributed by atoms with E-state index in [0.717, 1.165) is 30.0 Å². The van der Waals surface area contributed by atoms with Crippen LogP contribution in [0, 0.1) is 5.92 Å². The van der Waals surface area contributed by atoms with Gasteiger partial charge in [-0.25, -0.2) is 0 Å². The number of hydrogen-bond donors (Lipinski definition) is 2. The van der Waals surface area contributed by atoms with Gasteiger partial charge in [-0.1, -0.05) is 19.1 Å². The summed E-state index contributed by atoms with van der Waals surface area (Å²) in [5.74, 6) is 0.654. The Morgan fingerprint density at radius 2 is 1.73 bits per heavy atom. The molecule has 1 saturated carbocycles. The van der Waals surface area contributed by atoms with E-state index in [2.05, 4.69) is 17.6 Å². The zero-order valence-corrected chi connectivity index (χ0v) is 13.3. The summed E-state index contributed by atoms with van der Waals surface area (Å²) in [6, 6.07) is 7.70. The maximum Gasteiger partial charge on any atom is 0.244 e. The molecule has 1 aliphatic rings. The van der Waals surface area contributed by atoms with E-state index >= 15 is 0 Å². The maximum atomic E-state index is 11.9. The molecular weight excluding hydrogens is 276 g/mol. The average Bonchev–Trinajstić information content (AvgIpc) is 2.48. The van der Waals surface area contributed by atoms with Crippen molar-refractivity contribution in [2.75, 3.05) is 5.32 Å². The number of benzene rings is 1. The van der Waals surface area contributed by atoms with Crippen molar-refractivity contribution in [3.8, 4) is 0 Å². The third-order valence-electron chi connectivity index (χ3n) is 4.02. The van der Waals surface area contributed by atoms with Crippen LogP contribution in [-0.2, 0) is 9.59 Å². The standard InChI is InChI=1S/C18H24N2O2/c1-13-3-8-17(9-4-13)20-18(22)12-7-15-5-10-16(11-6-15)19-14(2)21/h5-7,10-13,17H,3-4,8-9H2,1-2H3,(H,19,21)(H,20,22)/b12-7+. The van der Waals surface area contributed by atoms with E-state index in [9.17, 15) is 9.59 Å². The first kappa shape index (κ1) is 16.3. The molecule has 22 heavy (non-hydrogen) atoms. The highest BCUT2D eigenvalue weighted by molar-refractivity contribution is 5.92. The summed E-state index contributed by atoms with van der Waals surface area (Å²) < 4.78 is 0. The highest BCUT2D eigenvalue weighted by atomic mass is 16.2. The zero-order chi connectivity index (χ0) is 15.9. The van der Waals surface area contributed by atoms with E-state index in [1.807, 2.05) is 24.3 Å². The van der Waals surface area contributed by atoms with Crippen LogP contribution in [-0.4, -0.2) is 17.9 Å². The smallest absolute Gasteiger partial charge is 0.244 e. The van der Waals surface area contributed by atoms with Crippen molar-refractivity contribution in [1.29, 1.82) is 0 Å². The number of carbonyl (C=O) groups excluding carboxylic acids is 2. The third-order valence-corrected chi connectivity index (χ3v) is 4.02. The van der Waals surface area contributed by atoms with Gasteiger partial charge in [0.1, 0.15) is 0 Å². The third kappa shape index (κ3) is 5.35. The molecule has 0 atom stereocenters. The summed E-state index contributed by atoms with van der Waals surface area (Å²) in [5.41, 5.74) is 1.69. The number of rotatable bonds is 4. The fourth-order valence-electron chi connectivity index (χ4n) is 2.71. The molecule has 2 rings (SSSR count). The molecule has 0 bridgehead atoms. The van der Waals surface area contributed by atoms with Crippen molar-refractivity contribution < 1.29 is 9.59 Å². The topological polar surface area (TPSA) is 58.2 Å². The summed E-state index contributed by atoms with van der Waals surface area (Å²) in [4.78, 5) is 22.9. The van der Waals surface area contributed by atoms with Gasteiger partial charge in [-0.3, -0.25) is 9.59 Å². The molecule has 0 spiro atoms. The Labute approximate surface area is 132 Å². The average molecular weight is 300 g/mol. The first-order valence-electron chi connectivity index (χ1n) is 7.89. The van der Waals surface area contributed by atoms with Crippen LogP contribution in [0.15, 0.2) is 30.3 Å². The number of hydrogen-bond acceptors (Lipinski definition) is 2. The van der Waals surface area contributed by atoms with Gasteiger partial charge in [0.25, 0.3) is 0 Å². The Morgan fingerprint density at radius 3 is 2.32 bits per heavy atom. The van der Waals surface area contributed by atoms with Crippen molar-refractivity contribution >= 4 is 23.6 Å². The predicted octanol–water partition coefficient (Wildman–Crippen LogP) is 3.35. The molecule has 118 valence electrons. The fourth-order valence-corrected chi connectivity index (χ4v) is 2.71. The SMILES string of the molecule is CC(=O)Nc1ccc(/C=C/C(=O)NC2CCC(C)CC2)cc1. The molecule has 0 aliphatic heterocycles. The molecule has 2 amide bonds. The quantitative estimate of drug-likeness (QED) is 0.838. The van der Waals surface area contributed by atoms with Gasteiger partial charge in [0.15, 0.2) is 0 Å². The number of amides is 2. The number of anilines is 1. The maximum absolute atomic E-state index is 11.9. The van der Waals surface area contributed by atoms with E-state index in [0.29, 0.717) is 6.04 Å². The lowest BCUT2D eigenvalue weighted by atomic mass is 9.87. The van der Waals surface area contributed by atoms with E-state index < -0.39 is 0 Å². The molecular formula is C18H24N2O2. The Hall–Kier alpha value is -2.10. The lowest BCUT2D eigenvalue weighted by Crippen LogP contribution is -2.36. The lowest BCUT2D eigenvalue weighted by molar-refractivity contribution is -0.117. The van der Waals surface area contributed by atoms with Gasteiger partial charge in [-0.2, -0.15) is 0 Å². The van der Waals surface area contributed by atoms with Gasteiger partial charge in [0, 0.05) is 24.7 Å². The van der Waals surface area contributed by atoms with Gasteiger partial charge >= 0.3 is 0 Å². The van der Waals surface area contributed by atoms with Gasteiger partial charge in [-0.15, -0.1) is 0 Å². The van der Waals surface area contributed by atoms with Gasteiger partial charge < -0.3 is 10.6 Å². The molecule has 1 aromatic rings. The van der Waals surface area contributed by atoms with Gasteiger partial charge in [-0.05, 0) is 55.4 Å². The summed E-state index contributed by atoms with van der Waals surface area (Å²) in [7, 11) is 0. The molecule has 0 heterocycles. The first-order valence-corrected chi connectivity index (χ1v) is 7.89. The largest absolute Gasteiger partial charge is 0.350 e. The predicted molar refractivity (Wildman–Crippen MR) is 89.3 cm³/mol. The van der Waals surface area contributed by atoms with E-state index in [1.54, 1.807) is 12.2 Å². The van der Waals surface area contributed by atoms with Crippen LogP contribution in [0.25, 0.3) is 6.08 Å². The monoisotopic (exact) mass is 300 g/mol. The molecule has 4 nitrogen and oxygen atoms in total. The molecule has 1 aliphatic carbocycles. The highest BCUT2D eigenvalue weighted by Gasteiger charge is 2.18. The molecule has 0 radical (unpaired) electrons. The van der Waals surface area contributed by atoms with E-state index in [4.69, 9.17) is 0 Å². The molecule has 2 N–H and O–H groups in total. The van der Waals surface area contributed by atoms with Crippen molar-refractivity contribution in [3.63, 3.8) is 0 Å². The summed E-state index contributed by atoms with van der Waals surface area (Å²) in [5, 5.41) is 5.78.